The molecule has 1 aromatic carbocycles. The Morgan fingerprint density at radius 3 is 2.30 bits per heavy atom. The Bertz CT molecular complexity index is 1050. The molecule has 1 amide bonds. The molecular weight excluding hydrogens is 426 g/mol. The van der Waals surface area contributed by atoms with Gasteiger partial charge in [-0.15, -0.1) is 0 Å². The van der Waals surface area contributed by atoms with Crippen LogP contribution in [0.3, 0.4) is 0 Å². The molecule has 1 aromatic heterocycles. The fourth-order valence-electron chi connectivity index (χ4n) is 3.37. The number of rotatable bonds is 8. The molecule has 0 saturated carbocycles. The predicted octanol–water partition coefficient (Wildman–Crippen LogP) is 1.46. The van der Waals surface area contributed by atoms with Crippen molar-refractivity contribution in [2.75, 3.05) is 25.4 Å². The highest BCUT2D eigenvalue weighted by molar-refractivity contribution is 7.91. The average Bonchev–Trinajstić information content (AvgIpc) is 2.78. The van der Waals surface area contributed by atoms with Gasteiger partial charge in [-0.3, -0.25) is 9.78 Å². The molecule has 0 atom stereocenters. The number of nitrogens with one attached hydrogen (secondary N) is 1. The maximum atomic E-state index is 12.6. The lowest BCUT2D eigenvalue weighted by atomic mass is 9.97. The zero-order valence-electron chi connectivity index (χ0n) is 16.5. The number of amides is 1. The highest BCUT2D eigenvalue weighted by Crippen LogP contribution is 2.23. The van der Waals surface area contributed by atoms with Crippen molar-refractivity contribution in [3.05, 3.63) is 54.9 Å². The molecule has 0 bridgehead atoms. The number of carbonyl (C=O) groups excluding carboxylic acids is 1. The normalized spacial score (nSPS) is 16.3. The summed E-state index contributed by atoms with van der Waals surface area (Å²) < 4.78 is 51.1. The SMILES string of the molecule is O=C(NCCCS(=O)(=O)c1ccccc1)C1CCN(S(=O)(=O)c2cccnc2)CC1. The highest BCUT2D eigenvalue weighted by Gasteiger charge is 2.32. The first-order valence-electron chi connectivity index (χ1n) is 9.76. The third-order valence-corrected chi connectivity index (χ3v) is 8.79. The third kappa shape index (κ3) is 5.44. The summed E-state index contributed by atoms with van der Waals surface area (Å²) in [5, 5.41) is 2.78. The lowest BCUT2D eigenvalue weighted by molar-refractivity contribution is -0.126. The minimum absolute atomic E-state index is 0.0426. The standard InChI is InChI=1S/C20H25N3O5S2/c24-20(22-12-5-15-29(25,26)18-6-2-1-3-7-18)17-9-13-23(14-10-17)30(27,28)19-8-4-11-21-16-19/h1-4,6-8,11,16-17H,5,9-10,12-15H2,(H,22,24). The second-order valence-corrected chi connectivity index (χ2v) is 11.2. The van der Waals surface area contributed by atoms with Gasteiger partial charge in [-0.2, -0.15) is 4.31 Å². The van der Waals surface area contributed by atoms with Crippen molar-refractivity contribution >= 4 is 25.8 Å². The summed E-state index contributed by atoms with van der Waals surface area (Å²) in [6.07, 6.45) is 4.00. The zero-order valence-corrected chi connectivity index (χ0v) is 18.1. The van der Waals surface area contributed by atoms with Gasteiger partial charge >= 0.3 is 0 Å². The van der Waals surface area contributed by atoms with Crippen LogP contribution in [0, 0.1) is 5.92 Å². The van der Waals surface area contributed by atoms with E-state index in [2.05, 4.69) is 10.3 Å². The average molecular weight is 452 g/mol. The second-order valence-electron chi connectivity index (χ2n) is 7.14. The Morgan fingerprint density at radius 1 is 1.00 bits per heavy atom. The summed E-state index contributed by atoms with van der Waals surface area (Å²) in [4.78, 5) is 16.7. The van der Waals surface area contributed by atoms with E-state index in [1.54, 1.807) is 36.4 Å². The van der Waals surface area contributed by atoms with Crippen LogP contribution in [0.15, 0.2) is 64.6 Å². The van der Waals surface area contributed by atoms with Crippen LogP contribution in [0.25, 0.3) is 0 Å². The third-order valence-electron chi connectivity index (χ3n) is 5.09. The van der Waals surface area contributed by atoms with Gasteiger partial charge in [-0.05, 0) is 43.5 Å². The second kappa shape index (κ2) is 9.67. The number of hydrogen-bond acceptors (Lipinski definition) is 6. The summed E-state index contributed by atoms with van der Waals surface area (Å²) in [6.45, 7) is 0.786. The van der Waals surface area contributed by atoms with Gasteiger partial charge < -0.3 is 5.32 Å². The Balaban J connectivity index is 1.44. The number of carbonyl (C=O) groups is 1. The van der Waals surface area contributed by atoms with Crippen LogP contribution in [-0.4, -0.2) is 57.4 Å². The molecule has 0 radical (unpaired) electrons. The lowest BCUT2D eigenvalue weighted by Gasteiger charge is -2.30. The predicted molar refractivity (Wildman–Crippen MR) is 112 cm³/mol. The zero-order chi connectivity index (χ0) is 21.6. The highest BCUT2D eigenvalue weighted by atomic mass is 32.2. The number of sulfonamides is 1. The van der Waals surface area contributed by atoms with Crippen molar-refractivity contribution in [1.29, 1.82) is 0 Å². The minimum Gasteiger partial charge on any atom is -0.356 e. The summed E-state index contributed by atoms with van der Waals surface area (Å²) in [7, 11) is -6.97. The van der Waals surface area contributed by atoms with Crippen molar-refractivity contribution in [2.24, 2.45) is 5.92 Å². The van der Waals surface area contributed by atoms with E-state index < -0.39 is 19.9 Å². The molecule has 0 spiro atoms. The molecule has 1 aliphatic rings. The number of hydrogen-bond donors (Lipinski definition) is 1. The van der Waals surface area contributed by atoms with Crippen molar-refractivity contribution in [1.82, 2.24) is 14.6 Å². The molecule has 3 rings (SSSR count). The fourth-order valence-corrected chi connectivity index (χ4v) is 6.14. The quantitative estimate of drug-likeness (QED) is 0.608. The molecule has 2 aromatic rings. The van der Waals surface area contributed by atoms with E-state index >= 15 is 0 Å². The number of nitrogens with zero attached hydrogens (tertiary/aromatic N) is 2. The van der Waals surface area contributed by atoms with Crippen molar-refractivity contribution in [2.45, 2.75) is 29.1 Å². The van der Waals surface area contributed by atoms with E-state index in [-0.39, 0.29) is 47.0 Å². The van der Waals surface area contributed by atoms with Crippen LogP contribution in [0.4, 0.5) is 0 Å². The Labute approximate surface area is 177 Å². The summed E-state index contributed by atoms with van der Waals surface area (Å²) >= 11 is 0. The molecule has 0 unspecified atom stereocenters. The molecule has 1 N–H and O–H groups in total. The maximum Gasteiger partial charge on any atom is 0.244 e. The molecule has 30 heavy (non-hydrogen) atoms. The van der Waals surface area contributed by atoms with Gasteiger partial charge in [0.05, 0.1) is 10.6 Å². The first-order valence-corrected chi connectivity index (χ1v) is 12.9. The first-order chi connectivity index (χ1) is 14.3. The van der Waals surface area contributed by atoms with Crippen LogP contribution in [0.2, 0.25) is 0 Å². The van der Waals surface area contributed by atoms with Crippen LogP contribution in [0.1, 0.15) is 19.3 Å². The van der Waals surface area contributed by atoms with Gasteiger partial charge in [0.15, 0.2) is 9.84 Å². The van der Waals surface area contributed by atoms with Gasteiger partial charge in [0.2, 0.25) is 15.9 Å². The number of pyridine rings is 1. The van der Waals surface area contributed by atoms with Gasteiger partial charge in [-0.1, -0.05) is 18.2 Å². The Hall–Kier alpha value is -2.30. The molecule has 162 valence electrons. The number of piperidine rings is 1. The van der Waals surface area contributed by atoms with Gasteiger partial charge in [0.1, 0.15) is 4.90 Å². The smallest absolute Gasteiger partial charge is 0.244 e. The van der Waals surface area contributed by atoms with E-state index in [4.69, 9.17) is 0 Å². The molecule has 8 nitrogen and oxygen atoms in total. The number of sulfone groups is 1. The van der Waals surface area contributed by atoms with Crippen molar-refractivity contribution in [3.63, 3.8) is 0 Å². The van der Waals surface area contributed by atoms with E-state index in [0.717, 1.165) is 0 Å². The first kappa shape index (κ1) is 22.4. The van der Waals surface area contributed by atoms with Crippen molar-refractivity contribution in [3.8, 4) is 0 Å². The van der Waals surface area contributed by atoms with E-state index in [9.17, 15) is 21.6 Å². The Kier molecular flexibility index (Phi) is 7.22. The molecular formula is C20H25N3O5S2. The molecule has 1 fully saturated rings. The lowest BCUT2D eigenvalue weighted by Crippen LogP contribution is -2.43. The van der Waals surface area contributed by atoms with Crippen LogP contribution >= 0.6 is 0 Å². The van der Waals surface area contributed by atoms with Crippen LogP contribution in [-0.2, 0) is 24.7 Å². The maximum absolute atomic E-state index is 12.6. The minimum atomic E-state index is -3.60. The number of benzene rings is 1. The Morgan fingerprint density at radius 2 is 1.67 bits per heavy atom. The molecule has 1 saturated heterocycles. The van der Waals surface area contributed by atoms with Gasteiger partial charge in [-0.25, -0.2) is 16.8 Å². The monoisotopic (exact) mass is 451 g/mol. The molecule has 10 heteroatoms. The van der Waals surface area contributed by atoms with Crippen LogP contribution < -0.4 is 5.32 Å². The van der Waals surface area contributed by atoms with Crippen molar-refractivity contribution < 1.29 is 21.6 Å². The summed E-state index contributed by atoms with van der Waals surface area (Å²) in [5.74, 6) is -0.486. The summed E-state index contributed by atoms with van der Waals surface area (Å²) in [5.41, 5.74) is 0. The van der Waals surface area contributed by atoms with Crippen LogP contribution in [0.5, 0.6) is 0 Å². The van der Waals surface area contributed by atoms with Gasteiger partial charge in [0.25, 0.3) is 0 Å². The molecule has 0 aliphatic carbocycles. The number of aromatic nitrogens is 1. The fraction of sp³-hybridized carbons (Fsp3) is 0.400. The van der Waals surface area contributed by atoms with E-state index in [1.807, 2.05) is 0 Å². The van der Waals surface area contributed by atoms with E-state index in [1.165, 1.54) is 22.8 Å². The van der Waals surface area contributed by atoms with E-state index in [0.29, 0.717) is 19.3 Å². The topological polar surface area (TPSA) is 114 Å². The molecule has 2 heterocycles. The van der Waals surface area contributed by atoms with Gasteiger partial charge in [0, 0.05) is 37.9 Å². The summed E-state index contributed by atoms with van der Waals surface area (Å²) in [6, 6.07) is 11.3. The largest absolute Gasteiger partial charge is 0.356 e. The molecule has 1 aliphatic heterocycles.